The largest absolute Gasteiger partial charge is 0.483 e. The maximum Gasteiger partial charge on any atom is 0.258 e. The van der Waals surface area contributed by atoms with E-state index in [0.717, 1.165) is 0 Å². The van der Waals surface area contributed by atoms with Crippen molar-refractivity contribution in [1.29, 1.82) is 0 Å². The van der Waals surface area contributed by atoms with Crippen molar-refractivity contribution in [3.05, 3.63) is 29.6 Å². The third kappa shape index (κ3) is 6.02. The van der Waals surface area contributed by atoms with Crippen LogP contribution >= 0.6 is 0 Å². The van der Waals surface area contributed by atoms with Gasteiger partial charge in [0.2, 0.25) is 0 Å². The van der Waals surface area contributed by atoms with Crippen LogP contribution < -0.4 is 15.8 Å². The van der Waals surface area contributed by atoms with Gasteiger partial charge in [-0.3, -0.25) is 4.79 Å². The smallest absolute Gasteiger partial charge is 0.258 e. The number of amides is 1. The molecular formula is C15H23FN2O2. The Kier molecular flexibility index (Phi) is 5.51. The zero-order chi connectivity index (χ0) is 15.3. The normalized spacial score (nSPS) is 12.9. The molecule has 0 saturated heterocycles. The van der Waals surface area contributed by atoms with Gasteiger partial charge in [-0.05, 0) is 57.9 Å². The van der Waals surface area contributed by atoms with Crippen molar-refractivity contribution in [2.45, 2.75) is 45.7 Å². The number of hydrogen-bond acceptors (Lipinski definition) is 3. The summed E-state index contributed by atoms with van der Waals surface area (Å²) in [7, 11) is 0. The summed E-state index contributed by atoms with van der Waals surface area (Å²) in [6.45, 7) is 7.41. The molecule has 3 N–H and O–H groups in total. The second kappa shape index (κ2) is 6.70. The van der Waals surface area contributed by atoms with Crippen LogP contribution in [-0.4, -0.2) is 24.1 Å². The third-order valence-corrected chi connectivity index (χ3v) is 2.44. The number of carbonyl (C=O) groups excluding carboxylic acids is 1. The number of hydrogen-bond donors (Lipinski definition) is 2. The second-order valence-corrected chi connectivity index (χ2v) is 6.02. The Labute approximate surface area is 119 Å². The molecule has 1 amide bonds. The minimum Gasteiger partial charge on any atom is -0.483 e. The maximum absolute atomic E-state index is 13.2. The van der Waals surface area contributed by atoms with Crippen molar-refractivity contribution in [3.8, 4) is 5.75 Å². The Morgan fingerprint density at radius 3 is 2.65 bits per heavy atom. The van der Waals surface area contributed by atoms with E-state index < -0.39 is 0 Å². The molecule has 0 aliphatic heterocycles. The van der Waals surface area contributed by atoms with Crippen LogP contribution in [0, 0.1) is 5.82 Å². The fraction of sp³-hybridized carbons (Fsp3) is 0.533. The van der Waals surface area contributed by atoms with E-state index in [9.17, 15) is 9.18 Å². The van der Waals surface area contributed by atoms with Crippen LogP contribution in [0.1, 0.15) is 33.3 Å². The van der Waals surface area contributed by atoms with Crippen LogP contribution in [0.2, 0.25) is 0 Å². The Morgan fingerprint density at radius 1 is 1.45 bits per heavy atom. The van der Waals surface area contributed by atoms with Crippen LogP contribution in [0.5, 0.6) is 5.75 Å². The molecule has 1 unspecified atom stereocenters. The summed E-state index contributed by atoms with van der Waals surface area (Å²) in [5.74, 6) is -0.0616. The first kappa shape index (κ1) is 16.4. The van der Waals surface area contributed by atoms with Gasteiger partial charge in [0.15, 0.2) is 6.61 Å². The first-order valence-corrected chi connectivity index (χ1v) is 6.65. The van der Waals surface area contributed by atoms with E-state index in [1.165, 1.54) is 18.2 Å². The number of nitrogens with two attached hydrogens (primary N) is 1. The standard InChI is InChI=1S/C15H23FN2O2/c1-10(17)7-11-8-12(16)5-6-13(11)20-9-14(19)18-15(2,3)4/h5-6,8,10H,7,9,17H2,1-4H3,(H,18,19). The average Bonchev–Trinajstić information content (AvgIpc) is 2.24. The SMILES string of the molecule is CC(N)Cc1cc(F)ccc1OCC(=O)NC(C)(C)C. The van der Waals surface area contributed by atoms with Crippen LogP contribution in [-0.2, 0) is 11.2 Å². The van der Waals surface area contributed by atoms with Gasteiger partial charge in [-0.25, -0.2) is 4.39 Å². The minimum atomic E-state index is -0.341. The van der Waals surface area contributed by atoms with Crippen molar-refractivity contribution in [3.63, 3.8) is 0 Å². The molecule has 0 saturated carbocycles. The van der Waals surface area contributed by atoms with Crippen LogP contribution in [0.4, 0.5) is 4.39 Å². The van der Waals surface area contributed by atoms with Crippen molar-refractivity contribution in [2.24, 2.45) is 5.73 Å². The summed E-state index contributed by atoms with van der Waals surface area (Å²) >= 11 is 0. The molecule has 112 valence electrons. The second-order valence-electron chi connectivity index (χ2n) is 6.02. The Morgan fingerprint density at radius 2 is 2.10 bits per heavy atom. The van der Waals surface area contributed by atoms with Gasteiger partial charge < -0.3 is 15.8 Å². The summed E-state index contributed by atoms with van der Waals surface area (Å²) in [6.07, 6.45) is 0.494. The van der Waals surface area contributed by atoms with Crippen molar-refractivity contribution in [1.82, 2.24) is 5.32 Å². The lowest BCUT2D eigenvalue weighted by atomic mass is 10.1. The lowest BCUT2D eigenvalue weighted by Gasteiger charge is -2.21. The molecule has 1 aromatic rings. The molecule has 4 nitrogen and oxygen atoms in total. The number of ether oxygens (including phenoxy) is 1. The number of nitrogens with one attached hydrogen (secondary N) is 1. The van der Waals surface area contributed by atoms with E-state index >= 15 is 0 Å². The van der Waals surface area contributed by atoms with E-state index in [-0.39, 0.29) is 29.9 Å². The van der Waals surface area contributed by atoms with Gasteiger partial charge in [-0.1, -0.05) is 0 Å². The van der Waals surface area contributed by atoms with Gasteiger partial charge in [0, 0.05) is 11.6 Å². The summed E-state index contributed by atoms with van der Waals surface area (Å²) in [5, 5.41) is 2.80. The van der Waals surface area contributed by atoms with Crippen molar-refractivity contribution >= 4 is 5.91 Å². The zero-order valence-corrected chi connectivity index (χ0v) is 12.5. The van der Waals surface area contributed by atoms with Crippen molar-refractivity contribution < 1.29 is 13.9 Å². The molecular weight excluding hydrogens is 259 g/mol. The Balaban J connectivity index is 2.70. The summed E-state index contributed by atoms with van der Waals surface area (Å²) in [4.78, 5) is 11.7. The Bertz CT molecular complexity index is 467. The molecule has 1 rings (SSSR count). The first-order valence-electron chi connectivity index (χ1n) is 6.65. The lowest BCUT2D eigenvalue weighted by molar-refractivity contribution is -0.124. The summed E-state index contributed by atoms with van der Waals surface area (Å²) in [6, 6.07) is 4.11. The highest BCUT2D eigenvalue weighted by Gasteiger charge is 2.15. The average molecular weight is 282 g/mol. The predicted octanol–water partition coefficient (Wildman–Crippen LogP) is 2.01. The molecule has 20 heavy (non-hydrogen) atoms. The molecule has 0 heterocycles. The number of carbonyl (C=O) groups is 1. The molecule has 0 spiro atoms. The third-order valence-electron chi connectivity index (χ3n) is 2.44. The summed E-state index contributed by atoms with van der Waals surface area (Å²) in [5.41, 5.74) is 6.09. The van der Waals surface area contributed by atoms with Crippen LogP contribution in [0.15, 0.2) is 18.2 Å². The van der Waals surface area contributed by atoms with Gasteiger partial charge in [0.05, 0.1) is 0 Å². The monoisotopic (exact) mass is 282 g/mol. The van der Waals surface area contributed by atoms with Crippen molar-refractivity contribution in [2.75, 3.05) is 6.61 Å². The van der Waals surface area contributed by atoms with E-state index in [1.807, 2.05) is 27.7 Å². The van der Waals surface area contributed by atoms with E-state index in [0.29, 0.717) is 17.7 Å². The molecule has 1 atom stereocenters. The predicted molar refractivity (Wildman–Crippen MR) is 77.1 cm³/mol. The zero-order valence-electron chi connectivity index (χ0n) is 12.5. The number of benzene rings is 1. The van der Waals surface area contributed by atoms with E-state index in [2.05, 4.69) is 5.32 Å². The Hall–Kier alpha value is -1.62. The molecule has 1 aromatic carbocycles. The van der Waals surface area contributed by atoms with Gasteiger partial charge >= 0.3 is 0 Å². The lowest BCUT2D eigenvalue weighted by Crippen LogP contribution is -2.43. The fourth-order valence-electron chi connectivity index (χ4n) is 1.79. The quantitative estimate of drug-likeness (QED) is 0.868. The molecule has 5 heteroatoms. The first-order chi connectivity index (χ1) is 9.17. The minimum absolute atomic E-state index is 0.102. The van der Waals surface area contributed by atoms with Crippen LogP contribution in [0.3, 0.4) is 0 Å². The van der Waals surface area contributed by atoms with Gasteiger partial charge in [-0.15, -0.1) is 0 Å². The topological polar surface area (TPSA) is 64.3 Å². The molecule has 0 fully saturated rings. The highest BCUT2D eigenvalue weighted by Crippen LogP contribution is 2.21. The summed E-state index contributed by atoms with van der Waals surface area (Å²) < 4.78 is 18.7. The number of rotatable bonds is 5. The molecule has 0 aliphatic rings. The molecule has 0 aromatic heterocycles. The molecule has 0 aliphatic carbocycles. The molecule has 0 radical (unpaired) electrons. The highest BCUT2D eigenvalue weighted by molar-refractivity contribution is 5.78. The van der Waals surface area contributed by atoms with E-state index in [4.69, 9.17) is 10.5 Å². The van der Waals surface area contributed by atoms with Gasteiger partial charge in [-0.2, -0.15) is 0 Å². The van der Waals surface area contributed by atoms with Crippen LogP contribution in [0.25, 0.3) is 0 Å². The molecule has 0 bridgehead atoms. The van der Waals surface area contributed by atoms with Gasteiger partial charge in [0.25, 0.3) is 5.91 Å². The van der Waals surface area contributed by atoms with E-state index in [1.54, 1.807) is 0 Å². The maximum atomic E-state index is 13.2. The van der Waals surface area contributed by atoms with Gasteiger partial charge in [0.1, 0.15) is 11.6 Å². The number of halogens is 1. The highest BCUT2D eigenvalue weighted by atomic mass is 19.1. The fourth-order valence-corrected chi connectivity index (χ4v) is 1.79.